The summed E-state index contributed by atoms with van der Waals surface area (Å²) in [6.45, 7) is 5.34. The van der Waals surface area contributed by atoms with Crippen molar-refractivity contribution in [2.45, 2.75) is 44.8 Å². The van der Waals surface area contributed by atoms with Crippen LogP contribution in [-0.4, -0.2) is 58.2 Å². The lowest BCUT2D eigenvalue weighted by atomic mass is 9.93. The van der Waals surface area contributed by atoms with Crippen LogP contribution in [0.15, 0.2) is 30.6 Å². The second-order valence-corrected chi connectivity index (χ2v) is 8.50. The molecule has 5 rings (SSSR count). The van der Waals surface area contributed by atoms with E-state index in [1.54, 1.807) is 12.4 Å². The minimum absolute atomic E-state index is 0.189. The van der Waals surface area contributed by atoms with Gasteiger partial charge in [-0.3, -0.25) is 9.67 Å². The highest BCUT2D eigenvalue weighted by Crippen LogP contribution is 2.33. The van der Waals surface area contributed by atoms with Gasteiger partial charge in [-0.1, -0.05) is 0 Å². The first kappa shape index (κ1) is 20.1. The molecule has 1 saturated carbocycles. The zero-order chi connectivity index (χ0) is 21.2. The monoisotopic (exact) mass is 422 g/mol. The Hall–Kier alpha value is -2.87. The maximum Gasteiger partial charge on any atom is 0.149 e. The van der Waals surface area contributed by atoms with Gasteiger partial charge in [0.1, 0.15) is 17.1 Å². The fourth-order valence-electron chi connectivity index (χ4n) is 4.47. The van der Waals surface area contributed by atoms with Crippen LogP contribution < -0.4 is 15.0 Å². The van der Waals surface area contributed by atoms with E-state index >= 15 is 0 Å². The summed E-state index contributed by atoms with van der Waals surface area (Å²) in [4.78, 5) is 11.4. The van der Waals surface area contributed by atoms with Gasteiger partial charge in [0.2, 0.25) is 0 Å². The van der Waals surface area contributed by atoms with Crippen molar-refractivity contribution in [2.75, 3.05) is 36.5 Å². The summed E-state index contributed by atoms with van der Waals surface area (Å²) in [5, 5.41) is 8.11. The zero-order valence-corrected chi connectivity index (χ0v) is 18.3. The third kappa shape index (κ3) is 4.44. The van der Waals surface area contributed by atoms with E-state index in [-0.39, 0.29) is 6.10 Å². The maximum atomic E-state index is 6.51. The molecule has 0 atom stereocenters. The van der Waals surface area contributed by atoms with Crippen LogP contribution in [0.5, 0.6) is 5.75 Å². The van der Waals surface area contributed by atoms with Crippen molar-refractivity contribution in [3.05, 3.63) is 36.3 Å². The number of nitrogens with one attached hydrogen (secondary N) is 1. The minimum Gasteiger partial charge on any atom is -0.488 e. The molecule has 0 unspecified atom stereocenters. The van der Waals surface area contributed by atoms with Crippen molar-refractivity contribution in [1.29, 1.82) is 0 Å². The van der Waals surface area contributed by atoms with Gasteiger partial charge in [0.15, 0.2) is 0 Å². The van der Waals surface area contributed by atoms with Crippen molar-refractivity contribution in [1.82, 2.24) is 19.7 Å². The van der Waals surface area contributed by atoms with Crippen LogP contribution in [0.25, 0.3) is 11.0 Å². The van der Waals surface area contributed by atoms with Gasteiger partial charge in [0, 0.05) is 62.1 Å². The Kier molecular flexibility index (Phi) is 5.63. The highest BCUT2D eigenvalue weighted by atomic mass is 16.5. The Labute approximate surface area is 182 Å². The number of fused-ring (bicyclic) bond motifs is 1. The SMILES string of the molecule is Cc1cc(N[C@H]2CC[C@@H](Oc3cc(N4CCOCC4)cc4nccnc34)CC2)nn1C. The molecule has 31 heavy (non-hydrogen) atoms. The maximum absolute atomic E-state index is 6.51. The molecule has 2 aromatic heterocycles. The summed E-state index contributed by atoms with van der Waals surface area (Å²) < 4.78 is 13.9. The summed E-state index contributed by atoms with van der Waals surface area (Å²) in [5.74, 6) is 1.80. The molecule has 3 aromatic rings. The third-order valence-corrected chi connectivity index (χ3v) is 6.33. The molecule has 1 aliphatic heterocycles. The summed E-state index contributed by atoms with van der Waals surface area (Å²) in [7, 11) is 1.98. The van der Waals surface area contributed by atoms with Crippen LogP contribution in [0, 0.1) is 6.92 Å². The van der Waals surface area contributed by atoms with E-state index in [2.05, 4.69) is 50.4 Å². The third-order valence-electron chi connectivity index (χ3n) is 6.33. The van der Waals surface area contributed by atoms with Gasteiger partial charge in [-0.15, -0.1) is 0 Å². The molecular formula is C23H30N6O2. The molecule has 2 aliphatic rings. The highest BCUT2D eigenvalue weighted by Gasteiger charge is 2.24. The standard InChI is InChI=1S/C23H30N6O2/c1-16-13-22(27-28(16)2)26-17-3-5-19(6-4-17)31-21-15-18(29-9-11-30-12-10-29)14-20-23(21)25-8-7-24-20/h7-8,13-15,17,19H,3-6,9-12H2,1-2H3,(H,26,27)/t17-,19+. The van der Waals surface area contributed by atoms with Crippen LogP contribution in [0.3, 0.4) is 0 Å². The molecule has 2 fully saturated rings. The first-order valence-electron chi connectivity index (χ1n) is 11.2. The van der Waals surface area contributed by atoms with E-state index in [1.807, 2.05) is 11.7 Å². The van der Waals surface area contributed by atoms with Crippen molar-refractivity contribution in [3.63, 3.8) is 0 Å². The molecule has 3 heterocycles. The summed E-state index contributed by atoms with van der Waals surface area (Å²) >= 11 is 0. The number of anilines is 2. The first-order chi connectivity index (χ1) is 15.2. The molecule has 1 saturated heterocycles. The van der Waals surface area contributed by atoms with Crippen LogP contribution in [-0.2, 0) is 11.8 Å². The van der Waals surface area contributed by atoms with Crippen LogP contribution in [0.4, 0.5) is 11.5 Å². The molecule has 1 aliphatic carbocycles. The van der Waals surface area contributed by atoms with Crippen LogP contribution >= 0.6 is 0 Å². The van der Waals surface area contributed by atoms with Gasteiger partial charge in [-0.05, 0) is 38.7 Å². The molecular weight excluding hydrogens is 392 g/mol. The molecule has 1 aromatic carbocycles. The predicted molar refractivity (Wildman–Crippen MR) is 121 cm³/mol. The van der Waals surface area contributed by atoms with Gasteiger partial charge in [-0.2, -0.15) is 5.10 Å². The van der Waals surface area contributed by atoms with E-state index in [1.165, 1.54) is 0 Å². The second-order valence-electron chi connectivity index (χ2n) is 8.50. The largest absolute Gasteiger partial charge is 0.488 e. The highest BCUT2D eigenvalue weighted by molar-refractivity contribution is 5.85. The Balaban J connectivity index is 1.28. The number of benzene rings is 1. The summed E-state index contributed by atoms with van der Waals surface area (Å²) in [5.41, 5.74) is 4.01. The number of aryl methyl sites for hydroxylation is 2. The number of hydrogen-bond acceptors (Lipinski definition) is 7. The van der Waals surface area contributed by atoms with Gasteiger partial charge < -0.3 is 19.7 Å². The van der Waals surface area contributed by atoms with Crippen LogP contribution in [0.1, 0.15) is 31.4 Å². The Morgan fingerprint density at radius 1 is 1.03 bits per heavy atom. The fraction of sp³-hybridized carbons (Fsp3) is 0.522. The molecule has 8 heteroatoms. The van der Waals surface area contributed by atoms with E-state index in [0.29, 0.717) is 6.04 Å². The van der Waals surface area contributed by atoms with Crippen molar-refractivity contribution >= 4 is 22.5 Å². The van der Waals surface area contributed by atoms with Gasteiger partial charge in [0.05, 0.1) is 24.8 Å². The molecule has 0 radical (unpaired) electrons. The first-order valence-corrected chi connectivity index (χ1v) is 11.2. The predicted octanol–water partition coefficient (Wildman–Crippen LogP) is 3.31. The Morgan fingerprint density at radius 3 is 2.55 bits per heavy atom. The van der Waals surface area contributed by atoms with Crippen molar-refractivity contribution in [2.24, 2.45) is 7.05 Å². The number of nitrogens with zero attached hydrogens (tertiary/aromatic N) is 5. The lowest BCUT2D eigenvalue weighted by Gasteiger charge is -2.31. The lowest BCUT2D eigenvalue weighted by molar-refractivity contribution is 0.122. The number of rotatable bonds is 5. The van der Waals surface area contributed by atoms with Gasteiger partial charge >= 0.3 is 0 Å². The number of morpholine rings is 1. The van der Waals surface area contributed by atoms with Crippen LogP contribution in [0.2, 0.25) is 0 Å². The Bertz CT molecular complexity index is 1020. The van der Waals surface area contributed by atoms with Gasteiger partial charge in [-0.25, -0.2) is 4.98 Å². The number of hydrogen-bond donors (Lipinski definition) is 1. The average Bonchev–Trinajstić information content (AvgIpc) is 3.12. The lowest BCUT2D eigenvalue weighted by Crippen LogP contribution is -2.36. The average molecular weight is 423 g/mol. The molecule has 8 nitrogen and oxygen atoms in total. The summed E-state index contributed by atoms with van der Waals surface area (Å²) in [6.07, 6.45) is 7.80. The summed E-state index contributed by atoms with van der Waals surface area (Å²) in [6, 6.07) is 6.77. The van der Waals surface area contributed by atoms with E-state index in [4.69, 9.17) is 9.47 Å². The smallest absolute Gasteiger partial charge is 0.149 e. The molecule has 164 valence electrons. The van der Waals surface area contributed by atoms with Crippen molar-refractivity contribution in [3.8, 4) is 5.75 Å². The van der Waals surface area contributed by atoms with E-state index in [9.17, 15) is 0 Å². The van der Waals surface area contributed by atoms with E-state index in [0.717, 1.165) is 86.0 Å². The topological polar surface area (TPSA) is 77.3 Å². The van der Waals surface area contributed by atoms with E-state index < -0.39 is 0 Å². The minimum atomic E-state index is 0.189. The van der Waals surface area contributed by atoms with Gasteiger partial charge in [0.25, 0.3) is 0 Å². The fourth-order valence-corrected chi connectivity index (χ4v) is 4.47. The normalized spacial score (nSPS) is 21.9. The van der Waals surface area contributed by atoms with Crippen molar-refractivity contribution < 1.29 is 9.47 Å². The molecule has 0 amide bonds. The Morgan fingerprint density at radius 2 is 1.81 bits per heavy atom. The molecule has 0 bridgehead atoms. The zero-order valence-electron chi connectivity index (χ0n) is 18.3. The number of aromatic nitrogens is 4. The second kappa shape index (κ2) is 8.70. The molecule has 1 N–H and O–H groups in total. The number of ether oxygens (including phenoxy) is 2. The molecule has 0 spiro atoms. The quantitative estimate of drug-likeness (QED) is 0.676.